The molecule has 0 aromatic heterocycles. The lowest BCUT2D eigenvalue weighted by Gasteiger charge is -2.26. The molecule has 0 heterocycles. The second kappa shape index (κ2) is 4.18. The van der Waals surface area contributed by atoms with Gasteiger partial charge < -0.3 is 0 Å². The summed E-state index contributed by atoms with van der Waals surface area (Å²) >= 11 is 0. The zero-order chi connectivity index (χ0) is 9.94. The Balaban J connectivity index is 4.35. The van der Waals surface area contributed by atoms with Crippen LogP contribution in [0.25, 0.3) is 0 Å². The summed E-state index contributed by atoms with van der Waals surface area (Å²) in [5.74, 6) is 0. The predicted molar refractivity (Wildman–Crippen MR) is 44.7 cm³/mol. The summed E-state index contributed by atoms with van der Waals surface area (Å²) in [6, 6.07) is -0.209. The highest BCUT2D eigenvalue weighted by Crippen LogP contribution is 2.07. The van der Waals surface area contributed by atoms with E-state index in [0.29, 0.717) is 0 Å². The molecule has 0 fully saturated rings. The van der Waals surface area contributed by atoms with Crippen LogP contribution in [0.3, 0.4) is 0 Å². The maximum Gasteiger partial charge on any atom is 0.413 e. The Bertz CT molecular complexity index is 214. The minimum Gasteiger partial charge on any atom is -0.262 e. The third-order valence-corrected chi connectivity index (χ3v) is 1.56. The first-order valence-corrected chi connectivity index (χ1v) is 5.06. The van der Waals surface area contributed by atoms with Crippen LogP contribution < -0.4 is 0 Å². The van der Waals surface area contributed by atoms with Crippen LogP contribution in [0.2, 0.25) is 0 Å². The van der Waals surface area contributed by atoms with Gasteiger partial charge in [-0.2, -0.15) is 17.8 Å². The summed E-state index contributed by atoms with van der Waals surface area (Å²) in [6.07, 6.45) is 0. The van der Waals surface area contributed by atoms with Gasteiger partial charge in [0.15, 0.2) is 0 Å². The van der Waals surface area contributed by atoms with Gasteiger partial charge in [0.2, 0.25) is 0 Å². The molecule has 6 heteroatoms. The first kappa shape index (κ1) is 11.8. The molecule has 0 saturated heterocycles. The number of hydrogen-bond donors (Lipinski definition) is 1. The zero-order valence-electron chi connectivity index (χ0n) is 7.68. The van der Waals surface area contributed by atoms with Gasteiger partial charge in [0.1, 0.15) is 0 Å². The third-order valence-electron chi connectivity index (χ3n) is 1.20. The topological polar surface area (TPSA) is 66.8 Å². The Hall–Kier alpha value is -0.170. The molecule has 0 aliphatic rings. The van der Waals surface area contributed by atoms with Crippen molar-refractivity contribution in [1.82, 2.24) is 5.06 Å². The van der Waals surface area contributed by atoms with Crippen molar-refractivity contribution in [2.45, 2.75) is 39.8 Å². The van der Waals surface area contributed by atoms with Crippen molar-refractivity contribution >= 4 is 10.4 Å². The van der Waals surface area contributed by atoms with E-state index in [-0.39, 0.29) is 12.1 Å². The number of nitrogens with zero attached hydrogens (tertiary/aromatic N) is 1. The standard InChI is InChI=1S/C6H15NO4S/c1-5(2)7(6(3)4)11-12(8,9)10/h5-6H,1-4H3,(H,8,9,10). The average molecular weight is 197 g/mol. The monoisotopic (exact) mass is 197 g/mol. The van der Waals surface area contributed by atoms with E-state index < -0.39 is 10.4 Å². The highest BCUT2D eigenvalue weighted by molar-refractivity contribution is 7.80. The minimum absolute atomic E-state index is 0.105. The molecule has 74 valence electrons. The summed E-state index contributed by atoms with van der Waals surface area (Å²) in [6.45, 7) is 7.08. The molecule has 0 aromatic rings. The fourth-order valence-electron chi connectivity index (χ4n) is 0.877. The second-order valence-electron chi connectivity index (χ2n) is 3.05. The molecule has 0 aromatic carbocycles. The second-order valence-corrected chi connectivity index (χ2v) is 4.05. The van der Waals surface area contributed by atoms with E-state index in [4.69, 9.17) is 4.55 Å². The molecule has 0 rings (SSSR count). The van der Waals surface area contributed by atoms with Crippen LogP contribution in [-0.4, -0.2) is 30.1 Å². The molecule has 0 aliphatic heterocycles. The normalized spacial score (nSPS) is 13.3. The van der Waals surface area contributed by atoms with Gasteiger partial charge in [-0.05, 0) is 27.7 Å². The molecule has 0 unspecified atom stereocenters. The van der Waals surface area contributed by atoms with Crippen molar-refractivity contribution in [3.8, 4) is 0 Å². The molecule has 12 heavy (non-hydrogen) atoms. The molecule has 0 amide bonds. The van der Waals surface area contributed by atoms with Crippen LogP contribution in [0.4, 0.5) is 0 Å². The van der Waals surface area contributed by atoms with Crippen molar-refractivity contribution in [3.63, 3.8) is 0 Å². The first-order valence-electron chi connectivity index (χ1n) is 3.69. The minimum atomic E-state index is -4.39. The SMILES string of the molecule is CC(C)N(OS(=O)(=O)O)C(C)C. The van der Waals surface area contributed by atoms with Crippen LogP contribution >= 0.6 is 0 Å². The molecule has 0 aliphatic carbocycles. The Morgan fingerprint density at radius 3 is 1.58 bits per heavy atom. The molecular formula is C6H15NO4S. The van der Waals surface area contributed by atoms with Gasteiger partial charge in [-0.15, -0.1) is 0 Å². The van der Waals surface area contributed by atoms with E-state index in [1.54, 1.807) is 27.7 Å². The zero-order valence-corrected chi connectivity index (χ0v) is 8.50. The van der Waals surface area contributed by atoms with Crippen molar-refractivity contribution < 1.29 is 17.3 Å². The van der Waals surface area contributed by atoms with Crippen molar-refractivity contribution in [1.29, 1.82) is 0 Å². The van der Waals surface area contributed by atoms with E-state index >= 15 is 0 Å². The number of rotatable bonds is 4. The molecule has 0 radical (unpaired) electrons. The quantitative estimate of drug-likeness (QED) is 0.534. The fraction of sp³-hybridized carbons (Fsp3) is 1.00. The molecule has 0 atom stereocenters. The molecule has 0 spiro atoms. The van der Waals surface area contributed by atoms with Crippen LogP contribution in [0, 0.1) is 0 Å². The van der Waals surface area contributed by atoms with Gasteiger partial charge in [-0.3, -0.25) is 4.55 Å². The lowest BCUT2D eigenvalue weighted by Crippen LogP contribution is -2.38. The molecule has 1 N–H and O–H groups in total. The fourth-order valence-corrected chi connectivity index (χ4v) is 1.44. The van der Waals surface area contributed by atoms with E-state index in [2.05, 4.69) is 4.28 Å². The third kappa shape index (κ3) is 4.66. The van der Waals surface area contributed by atoms with Crippen molar-refractivity contribution in [3.05, 3.63) is 0 Å². The van der Waals surface area contributed by atoms with E-state index in [1.165, 1.54) is 5.06 Å². The maximum absolute atomic E-state index is 10.3. The summed E-state index contributed by atoms with van der Waals surface area (Å²) in [5, 5.41) is 1.20. The lowest BCUT2D eigenvalue weighted by atomic mass is 10.3. The van der Waals surface area contributed by atoms with Gasteiger partial charge in [0, 0.05) is 12.1 Å². The summed E-state index contributed by atoms with van der Waals surface area (Å²) in [7, 11) is -4.39. The molecular weight excluding hydrogens is 182 g/mol. The van der Waals surface area contributed by atoms with Gasteiger partial charge in [0.25, 0.3) is 0 Å². The Kier molecular flexibility index (Phi) is 4.12. The highest BCUT2D eigenvalue weighted by atomic mass is 32.3. The predicted octanol–water partition coefficient (Wildman–Crippen LogP) is 0.840. The van der Waals surface area contributed by atoms with Gasteiger partial charge in [-0.25, -0.2) is 0 Å². The summed E-state index contributed by atoms with van der Waals surface area (Å²) < 4.78 is 33.4. The summed E-state index contributed by atoms with van der Waals surface area (Å²) in [5.41, 5.74) is 0. The van der Waals surface area contributed by atoms with Crippen LogP contribution in [-0.2, 0) is 14.7 Å². The van der Waals surface area contributed by atoms with E-state index in [9.17, 15) is 8.42 Å². The van der Waals surface area contributed by atoms with Crippen molar-refractivity contribution in [2.75, 3.05) is 0 Å². The largest absolute Gasteiger partial charge is 0.413 e. The van der Waals surface area contributed by atoms with E-state index in [0.717, 1.165) is 0 Å². The van der Waals surface area contributed by atoms with Gasteiger partial charge in [0.05, 0.1) is 0 Å². The molecule has 0 bridgehead atoms. The van der Waals surface area contributed by atoms with E-state index in [1.807, 2.05) is 0 Å². The molecule has 0 saturated carbocycles. The number of hydrogen-bond acceptors (Lipinski definition) is 4. The van der Waals surface area contributed by atoms with Gasteiger partial charge in [-0.1, -0.05) is 0 Å². The maximum atomic E-state index is 10.3. The van der Waals surface area contributed by atoms with Crippen LogP contribution in [0.15, 0.2) is 0 Å². The highest BCUT2D eigenvalue weighted by Gasteiger charge is 2.20. The van der Waals surface area contributed by atoms with Crippen LogP contribution in [0.5, 0.6) is 0 Å². The molecule has 5 nitrogen and oxygen atoms in total. The summed E-state index contributed by atoms with van der Waals surface area (Å²) in [4.78, 5) is 0. The average Bonchev–Trinajstić information content (AvgIpc) is 1.79. The smallest absolute Gasteiger partial charge is 0.262 e. The Morgan fingerprint density at radius 1 is 1.17 bits per heavy atom. The van der Waals surface area contributed by atoms with Crippen molar-refractivity contribution in [2.24, 2.45) is 0 Å². The van der Waals surface area contributed by atoms with Crippen LogP contribution in [0.1, 0.15) is 27.7 Å². The number of hydroxylamine groups is 2. The Morgan fingerprint density at radius 2 is 1.50 bits per heavy atom. The Labute approximate surface area is 73.2 Å². The lowest BCUT2D eigenvalue weighted by molar-refractivity contribution is -0.112. The first-order chi connectivity index (χ1) is 5.24. The van der Waals surface area contributed by atoms with Gasteiger partial charge >= 0.3 is 10.4 Å².